The maximum absolute atomic E-state index is 15.0. The maximum Gasteiger partial charge on any atom is 0.159 e. The smallest absolute Gasteiger partial charge is 0.159 e. The molecule has 370 valence electrons. The highest BCUT2D eigenvalue weighted by Crippen LogP contribution is 2.55. The van der Waals surface area contributed by atoms with Crippen molar-refractivity contribution in [2.45, 2.75) is 27.7 Å². The third kappa shape index (κ3) is 8.21. The summed E-state index contributed by atoms with van der Waals surface area (Å²) in [6.07, 6.45) is 12.9. The van der Waals surface area contributed by atoms with Gasteiger partial charge in [0.1, 0.15) is 23.3 Å². The maximum atomic E-state index is 15.0. The van der Waals surface area contributed by atoms with Gasteiger partial charge in [-0.2, -0.15) is 0 Å². The highest BCUT2D eigenvalue weighted by molar-refractivity contribution is 6.33. The molecule has 12 aromatic rings. The van der Waals surface area contributed by atoms with Crippen LogP contribution in [0, 0.1) is 51.0 Å². The minimum absolute atomic E-state index is 0.426. The molecule has 0 radical (unpaired) electrons. The molecule has 0 aliphatic carbocycles. The van der Waals surface area contributed by atoms with Gasteiger partial charge in [0.15, 0.2) is 23.3 Å². The summed E-state index contributed by atoms with van der Waals surface area (Å²) in [6, 6.07) is 36.9. The number of hydrogen-bond donors (Lipinski definition) is 0. The summed E-state index contributed by atoms with van der Waals surface area (Å²) in [6.45, 7) is 7.44. The molecule has 4 heterocycles. The van der Waals surface area contributed by atoms with Gasteiger partial charge >= 0.3 is 0 Å². The second kappa shape index (κ2) is 19.1. The van der Waals surface area contributed by atoms with Gasteiger partial charge in [0, 0.05) is 105 Å². The van der Waals surface area contributed by atoms with E-state index in [1.807, 2.05) is 83.7 Å². The number of aryl methyl sites for hydroxylation is 4. The predicted octanol–water partition coefficient (Wildman–Crippen LogP) is 15.4. The summed E-state index contributed by atoms with van der Waals surface area (Å²) in [4.78, 5) is 46.2. The minimum atomic E-state index is -0.426. The second-order valence-electron chi connectivity index (χ2n) is 18.0. The molecule has 0 unspecified atom stereocenters. The van der Waals surface area contributed by atoms with E-state index < -0.39 is 23.3 Å². The van der Waals surface area contributed by atoms with E-state index in [0.717, 1.165) is 32.3 Å². The number of aromatic nitrogens is 8. The van der Waals surface area contributed by atoms with Crippen LogP contribution in [0.5, 0.6) is 0 Å². The van der Waals surface area contributed by atoms with Crippen molar-refractivity contribution in [2.75, 3.05) is 19.6 Å². The van der Waals surface area contributed by atoms with E-state index >= 15 is 17.6 Å². The molecule has 0 N–H and O–H groups in total. The molecular weight excluding hydrogens is 965 g/mol. The Balaban J connectivity index is 1.31. The average molecular weight is 1010 g/mol. The number of halogens is 4. The van der Waals surface area contributed by atoms with Crippen LogP contribution in [0.3, 0.4) is 0 Å². The first-order chi connectivity index (χ1) is 37.0. The SMILES string of the molecule is Cc1nccnc1N(c1ccc(F)cc1)c1cc(N(c2ccc(F)cc2)c2nccnc2C)c2ccc3c(N(c4ccc(F)cc4)c4nccnc4C)cc(N(c4ccc(F)cc4)c4nccnc4C)c4ccc1c2c43. The molecule has 0 saturated heterocycles. The fourth-order valence-electron chi connectivity index (χ4n) is 10.0. The molecule has 0 amide bonds. The Kier molecular flexibility index (Phi) is 11.9. The van der Waals surface area contributed by atoms with Gasteiger partial charge in [-0.3, -0.25) is 39.5 Å². The van der Waals surface area contributed by atoms with Gasteiger partial charge in [0.05, 0.1) is 45.5 Å². The standard InChI is InChI=1S/C60H42F4N12/c1-35-57(69-29-25-65-35)73(43-13-5-39(61)6-14-43)51-33-52(74(44-15-7-40(62)8-16-44)58-36(2)66-26-30-70-58)48-23-24-50-54(76(46-19-11-42(64)12-20-46)60-38(4)68-28-32-72-60)34-53(49-22-21-47(51)55(48)56(49)50)75(45-17-9-41(63)10-18-45)59-37(3)67-27-31-71-59/h5-34H,1-4H3. The Morgan fingerprint density at radius 3 is 0.658 bits per heavy atom. The first-order valence-electron chi connectivity index (χ1n) is 24.1. The number of anilines is 12. The first kappa shape index (κ1) is 47.1. The Hall–Kier alpha value is -9.96. The zero-order chi connectivity index (χ0) is 52.2. The van der Waals surface area contributed by atoms with E-state index in [4.69, 9.17) is 19.9 Å². The lowest BCUT2D eigenvalue weighted by Gasteiger charge is -2.34. The fourth-order valence-corrected chi connectivity index (χ4v) is 10.0. The molecule has 0 saturated carbocycles. The van der Waals surface area contributed by atoms with E-state index in [2.05, 4.69) is 19.9 Å². The van der Waals surface area contributed by atoms with Crippen LogP contribution in [0.25, 0.3) is 32.3 Å². The summed E-state index contributed by atoms with van der Waals surface area (Å²) in [5.41, 5.74) is 7.16. The van der Waals surface area contributed by atoms with Gasteiger partial charge < -0.3 is 0 Å². The molecular formula is C60H42F4N12. The van der Waals surface area contributed by atoms with Crippen molar-refractivity contribution in [3.8, 4) is 0 Å². The molecule has 76 heavy (non-hydrogen) atoms. The Labute approximate surface area is 433 Å². The third-order valence-electron chi connectivity index (χ3n) is 13.4. The van der Waals surface area contributed by atoms with Crippen LogP contribution in [-0.4, -0.2) is 39.9 Å². The number of hydrogen-bond acceptors (Lipinski definition) is 12. The van der Waals surface area contributed by atoms with Crippen molar-refractivity contribution in [3.63, 3.8) is 0 Å². The van der Waals surface area contributed by atoms with Crippen molar-refractivity contribution in [2.24, 2.45) is 0 Å². The molecule has 0 bridgehead atoms. The van der Waals surface area contributed by atoms with Crippen LogP contribution in [-0.2, 0) is 0 Å². The molecule has 0 fully saturated rings. The summed E-state index contributed by atoms with van der Waals surface area (Å²) in [5, 5.41) is 4.51. The van der Waals surface area contributed by atoms with Crippen LogP contribution < -0.4 is 19.6 Å². The number of benzene rings is 8. The highest BCUT2D eigenvalue weighted by Gasteiger charge is 2.31. The van der Waals surface area contributed by atoms with Crippen LogP contribution in [0.4, 0.5) is 86.3 Å². The van der Waals surface area contributed by atoms with Gasteiger partial charge in [0.2, 0.25) is 0 Å². The lowest BCUT2D eigenvalue weighted by Crippen LogP contribution is -2.19. The minimum Gasteiger partial charge on any atom is -0.293 e. The van der Waals surface area contributed by atoms with Gasteiger partial charge in [-0.05, 0) is 137 Å². The van der Waals surface area contributed by atoms with Crippen molar-refractivity contribution in [3.05, 3.63) is 229 Å². The molecule has 0 aliphatic heterocycles. The average Bonchev–Trinajstić information content (AvgIpc) is 3.63. The highest BCUT2D eigenvalue weighted by atomic mass is 19.1. The molecule has 12 rings (SSSR count). The van der Waals surface area contributed by atoms with Crippen LogP contribution >= 0.6 is 0 Å². The largest absolute Gasteiger partial charge is 0.293 e. The van der Waals surface area contributed by atoms with E-state index in [1.165, 1.54) is 48.5 Å². The van der Waals surface area contributed by atoms with Crippen LogP contribution in [0.1, 0.15) is 22.8 Å². The predicted molar refractivity (Wildman–Crippen MR) is 290 cm³/mol. The van der Waals surface area contributed by atoms with Crippen molar-refractivity contribution in [1.29, 1.82) is 0 Å². The summed E-state index contributed by atoms with van der Waals surface area (Å²) >= 11 is 0. The van der Waals surface area contributed by atoms with E-state index in [0.29, 0.717) is 91.5 Å². The summed E-state index contributed by atoms with van der Waals surface area (Å²) in [7, 11) is 0. The van der Waals surface area contributed by atoms with Crippen molar-refractivity contribution >= 4 is 101 Å². The third-order valence-corrected chi connectivity index (χ3v) is 13.4. The van der Waals surface area contributed by atoms with E-state index in [1.54, 1.807) is 98.1 Å². The van der Waals surface area contributed by atoms with Gasteiger partial charge in [-0.1, -0.05) is 24.3 Å². The van der Waals surface area contributed by atoms with E-state index in [-0.39, 0.29) is 0 Å². The topological polar surface area (TPSA) is 116 Å². The lowest BCUT2D eigenvalue weighted by atomic mass is 9.89. The molecule has 0 spiro atoms. The molecule has 16 heteroatoms. The van der Waals surface area contributed by atoms with Gasteiger partial charge in [0.25, 0.3) is 0 Å². The summed E-state index contributed by atoms with van der Waals surface area (Å²) in [5.74, 6) is 0.189. The molecule has 4 aromatic heterocycles. The van der Waals surface area contributed by atoms with Gasteiger partial charge in [-0.15, -0.1) is 0 Å². The van der Waals surface area contributed by atoms with Crippen molar-refractivity contribution in [1.82, 2.24) is 39.9 Å². The van der Waals surface area contributed by atoms with Gasteiger partial charge in [-0.25, -0.2) is 37.5 Å². The Morgan fingerprint density at radius 2 is 0.461 bits per heavy atom. The molecule has 12 nitrogen and oxygen atoms in total. The number of nitrogens with zero attached hydrogens (tertiary/aromatic N) is 12. The quantitative estimate of drug-likeness (QED) is 0.0857. The zero-order valence-electron chi connectivity index (χ0n) is 41.2. The molecule has 0 atom stereocenters. The number of rotatable bonds is 12. The Bertz CT molecular complexity index is 3600. The molecule has 8 aromatic carbocycles. The first-order valence-corrected chi connectivity index (χ1v) is 24.1. The summed E-state index contributed by atoms with van der Waals surface area (Å²) < 4.78 is 60.0. The Morgan fingerprint density at radius 1 is 0.263 bits per heavy atom. The molecule has 0 aliphatic rings. The normalized spacial score (nSPS) is 11.4. The van der Waals surface area contributed by atoms with Crippen molar-refractivity contribution < 1.29 is 17.6 Å². The second-order valence-corrected chi connectivity index (χ2v) is 18.0. The van der Waals surface area contributed by atoms with Crippen LogP contribution in [0.2, 0.25) is 0 Å². The van der Waals surface area contributed by atoms with Crippen LogP contribution in [0.15, 0.2) is 183 Å². The lowest BCUT2D eigenvalue weighted by molar-refractivity contribution is 0.627. The monoisotopic (exact) mass is 1010 g/mol. The zero-order valence-corrected chi connectivity index (χ0v) is 41.2. The van der Waals surface area contributed by atoms with E-state index in [9.17, 15) is 0 Å². The fraction of sp³-hybridized carbons (Fsp3) is 0.0667.